The minimum Gasteiger partial charge on any atom is -0.317 e. The van der Waals surface area contributed by atoms with Gasteiger partial charge in [-0.3, -0.25) is 4.70 Å². The topological polar surface area (TPSA) is 12.0 Å². The number of nitrogens with one attached hydrogen (secondary N) is 1. The van der Waals surface area contributed by atoms with Gasteiger partial charge in [0.2, 0.25) is 0 Å². The second-order valence-electron chi connectivity index (χ2n) is 2.37. The average molecular weight is 181 g/mol. The van der Waals surface area contributed by atoms with E-state index in [9.17, 15) is 0 Å². The van der Waals surface area contributed by atoms with Crippen molar-refractivity contribution in [2.45, 2.75) is 13.8 Å². The number of rotatable bonds is 2. The van der Waals surface area contributed by atoms with Crippen molar-refractivity contribution in [1.29, 1.82) is 0 Å². The molecule has 1 nitrogen and oxygen atoms in total. The van der Waals surface area contributed by atoms with E-state index < -0.39 is 0 Å². The Morgan fingerprint density at radius 1 is 1.08 bits per heavy atom. The van der Waals surface area contributed by atoms with Gasteiger partial charge < -0.3 is 5.32 Å². The molecule has 0 unspecified atom stereocenters. The summed E-state index contributed by atoms with van der Waals surface area (Å²) in [5.41, 5.74) is 0.822. The zero-order chi connectivity index (χ0) is 9.23. The first-order valence-corrected chi connectivity index (χ1v) is 4.32. The highest BCUT2D eigenvalue weighted by Gasteiger charge is 1.72. The molecule has 0 aromatic heterocycles. The Balaban J connectivity index is 0. The van der Waals surface area contributed by atoms with Gasteiger partial charge in [-0.1, -0.05) is 49.6 Å². The molecular weight excluding hydrogens is 164 g/mol. The summed E-state index contributed by atoms with van der Waals surface area (Å²) in [6.45, 7) is 6.39. The van der Waals surface area contributed by atoms with Gasteiger partial charge in [0.1, 0.15) is 7.85 Å². The summed E-state index contributed by atoms with van der Waals surface area (Å²) in [5.74, 6) is 0. The molecule has 0 atom stereocenters. The molecule has 72 valence electrons. The van der Waals surface area contributed by atoms with Crippen LogP contribution in [0, 0.1) is 0 Å². The van der Waals surface area contributed by atoms with E-state index in [4.69, 9.17) is 7.85 Å². The van der Waals surface area contributed by atoms with Gasteiger partial charge in [0.25, 0.3) is 0 Å². The van der Waals surface area contributed by atoms with E-state index in [1.54, 1.807) is 0 Å². The molecule has 0 aliphatic carbocycles. The van der Waals surface area contributed by atoms with Crippen LogP contribution in [0.25, 0.3) is 0 Å². The van der Waals surface area contributed by atoms with E-state index in [1.165, 1.54) is 0 Å². The van der Waals surface area contributed by atoms with E-state index >= 15 is 0 Å². The van der Waals surface area contributed by atoms with E-state index in [2.05, 4.69) is 19.2 Å². The fourth-order valence-corrected chi connectivity index (χ4v) is 0.703. The molecular formula is C10H17BFN. The number of hydrogen-bond acceptors (Lipinski definition) is 1. The summed E-state index contributed by atoms with van der Waals surface area (Å²) in [5, 5.41) is 3.11. The Hall–Kier alpha value is -0.825. The summed E-state index contributed by atoms with van der Waals surface area (Å²) in [6.07, 6.45) is 0. The van der Waals surface area contributed by atoms with E-state index in [0.29, 0.717) is 0 Å². The van der Waals surface area contributed by atoms with E-state index in [-0.39, 0.29) is 4.70 Å². The molecule has 1 rings (SSSR count). The van der Waals surface area contributed by atoms with Crippen LogP contribution >= 0.6 is 0 Å². The van der Waals surface area contributed by atoms with E-state index in [0.717, 1.165) is 18.6 Å². The van der Waals surface area contributed by atoms with Crippen LogP contribution in [-0.4, -0.2) is 20.9 Å². The van der Waals surface area contributed by atoms with Gasteiger partial charge in [-0.15, -0.1) is 0 Å². The van der Waals surface area contributed by atoms with Crippen molar-refractivity contribution in [3.63, 3.8) is 0 Å². The summed E-state index contributed by atoms with van der Waals surface area (Å²) in [4.78, 5) is 0. The molecule has 1 aromatic rings. The molecule has 2 radical (unpaired) electrons. The first-order valence-electron chi connectivity index (χ1n) is 4.32. The second-order valence-corrected chi connectivity index (χ2v) is 2.37. The van der Waals surface area contributed by atoms with Crippen LogP contribution in [0.2, 0.25) is 0 Å². The van der Waals surface area contributed by atoms with E-state index in [1.807, 2.05) is 30.3 Å². The highest BCUT2D eigenvalue weighted by atomic mass is 19.0. The van der Waals surface area contributed by atoms with Gasteiger partial charge in [-0.25, -0.2) is 0 Å². The fraction of sp³-hybridized carbons (Fsp3) is 0.400. The SMILES string of the molecule is CCNCC.F.[B]c1ccccc1. The van der Waals surface area contributed by atoms with Crippen LogP contribution in [-0.2, 0) is 0 Å². The van der Waals surface area contributed by atoms with Gasteiger partial charge in [-0.2, -0.15) is 0 Å². The van der Waals surface area contributed by atoms with Gasteiger partial charge in [0.15, 0.2) is 0 Å². The minimum absolute atomic E-state index is 0. The zero-order valence-corrected chi connectivity index (χ0v) is 8.29. The molecule has 13 heavy (non-hydrogen) atoms. The first-order chi connectivity index (χ1) is 5.81. The summed E-state index contributed by atoms with van der Waals surface area (Å²) in [7, 11) is 5.36. The third kappa shape index (κ3) is 11.2. The minimum atomic E-state index is 0. The van der Waals surface area contributed by atoms with Crippen LogP contribution in [0.4, 0.5) is 4.70 Å². The van der Waals surface area contributed by atoms with Crippen LogP contribution in [0.1, 0.15) is 13.8 Å². The Bertz CT molecular complexity index is 178. The van der Waals surface area contributed by atoms with Crippen molar-refractivity contribution in [2.75, 3.05) is 13.1 Å². The van der Waals surface area contributed by atoms with Crippen LogP contribution in [0.3, 0.4) is 0 Å². The standard InChI is InChI=1S/C6H5B.C4H11N.FH/c7-6-4-2-1-3-5-6;1-3-5-4-2;/h1-5H;5H,3-4H2,1-2H3;1H. The lowest BCUT2D eigenvalue weighted by molar-refractivity contribution is 0.762. The Kier molecular flexibility index (Phi) is 12.6. The Labute approximate surface area is 81.3 Å². The summed E-state index contributed by atoms with van der Waals surface area (Å²) < 4.78 is 0. The highest BCUT2D eigenvalue weighted by molar-refractivity contribution is 6.32. The number of hydrogen-bond donors (Lipinski definition) is 1. The largest absolute Gasteiger partial charge is 0.317 e. The van der Waals surface area contributed by atoms with Gasteiger partial charge in [0, 0.05) is 0 Å². The smallest absolute Gasteiger partial charge is 0.113 e. The maximum atomic E-state index is 5.36. The zero-order valence-electron chi connectivity index (χ0n) is 8.29. The van der Waals surface area contributed by atoms with Crippen molar-refractivity contribution >= 4 is 13.3 Å². The summed E-state index contributed by atoms with van der Waals surface area (Å²) in [6, 6.07) is 9.49. The normalized spacial score (nSPS) is 7.85. The maximum absolute atomic E-state index is 5.36. The highest BCUT2D eigenvalue weighted by Crippen LogP contribution is 1.76. The predicted octanol–water partition coefficient (Wildman–Crippen LogP) is 1.25. The maximum Gasteiger partial charge on any atom is 0.113 e. The molecule has 0 bridgehead atoms. The summed E-state index contributed by atoms with van der Waals surface area (Å²) >= 11 is 0. The molecule has 0 spiro atoms. The van der Waals surface area contributed by atoms with Crippen LogP contribution < -0.4 is 10.8 Å². The third-order valence-corrected chi connectivity index (χ3v) is 1.30. The van der Waals surface area contributed by atoms with Crippen molar-refractivity contribution < 1.29 is 4.70 Å². The lowest BCUT2D eigenvalue weighted by Gasteiger charge is -1.86. The molecule has 0 amide bonds. The van der Waals surface area contributed by atoms with Crippen molar-refractivity contribution in [3.8, 4) is 0 Å². The Morgan fingerprint density at radius 3 is 1.69 bits per heavy atom. The molecule has 1 aromatic carbocycles. The second kappa shape index (κ2) is 11.2. The molecule has 0 aliphatic heterocycles. The van der Waals surface area contributed by atoms with Crippen molar-refractivity contribution in [3.05, 3.63) is 30.3 Å². The molecule has 0 saturated carbocycles. The molecule has 0 saturated heterocycles. The van der Waals surface area contributed by atoms with Crippen molar-refractivity contribution in [1.82, 2.24) is 5.32 Å². The average Bonchev–Trinajstić information content (AvgIpc) is 2.08. The molecule has 0 fully saturated rings. The van der Waals surface area contributed by atoms with Crippen LogP contribution in [0.5, 0.6) is 0 Å². The molecule has 0 aliphatic rings. The number of benzene rings is 1. The molecule has 3 heteroatoms. The monoisotopic (exact) mass is 181 g/mol. The lowest BCUT2D eigenvalue weighted by atomic mass is 9.97. The predicted molar refractivity (Wildman–Crippen MR) is 58.6 cm³/mol. The molecule has 0 heterocycles. The van der Waals surface area contributed by atoms with Gasteiger partial charge in [-0.05, 0) is 13.1 Å². The van der Waals surface area contributed by atoms with Crippen LogP contribution in [0.15, 0.2) is 30.3 Å². The lowest BCUT2D eigenvalue weighted by Crippen LogP contribution is -2.09. The first kappa shape index (κ1) is 14.7. The van der Waals surface area contributed by atoms with Gasteiger partial charge >= 0.3 is 0 Å². The quantitative estimate of drug-likeness (QED) is 0.677. The fourth-order valence-electron chi connectivity index (χ4n) is 0.703. The van der Waals surface area contributed by atoms with Crippen molar-refractivity contribution in [2.24, 2.45) is 0 Å². The Morgan fingerprint density at radius 2 is 1.54 bits per heavy atom. The van der Waals surface area contributed by atoms with Gasteiger partial charge in [0.05, 0.1) is 0 Å². The molecule has 1 N–H and O–H groups in total. The third-order valence-electron chi connectivity index (χ3n) is 1.30. The number of halogens is 1.